The first-order chi connectivity index (χ1) is 9.22. The summed E-state index contributed by atoms with van der Waals surface area (Å²) in [7, 11) is 2.89. The first kappa shape index (κ1) is 12.8. The van der Waals surface area contributed by atoms with E-state index in [1.807, 2.05) is 24.3 Å². The quantitative estimate of drug-likeness (QED) is 0.847. The predicted octanol–water partition coefficient (Wildman–Crippen LogP) is 2.02. The maximum atomic E-state index is 11.3. The van der Waals surface area contributed by atoms with Crippen molar-refractivity contribution in [3.63, 3.8) is 0 Å². The zero-order valence-electron chi connectivity index (χ0n) is 10.6. The lowest BCUT2D eigenvalue weighted by Crippen LogP contribution is -2.06. The average molecular weight is 259 g/mol. The van der Waals surface area contributed by atoms with Gasteiger partial charge in [0.05, 0.1) is 26.6 Å². The minimum Gasteiger partial charge on any atom is -0.497 e. The van der Waals surface area contributed by atoms with Crippen molar-refractivity contribution in [2.24, 2.45) is 0 Å². The van der Waals surface area contributed by atoms with Gasteiger partial charge in [-0.2, -0.15) is 0 Å². The third-order valence-corrected chi connectivity index (χ3v) is 2.37. The van der Waals surface area contributed by atoms with Crippen molar-refractivity contribution < 1.29 is 14.3 Å². The highest BCUT2D eigenvalue weighted by atomic mass is 16.5. The van der Waals surface area contributed by atoms with E-state index in [0.29, 0.717) is 5.82 Å². The zero-order chi connectivity index (χ0) is 13.7. The molecule has 0 aliphatic rings. The van der Waals surface area contributed by atoms with Gasteiger partial charge in [0.2, 0.25) is 0 Å². The van der Waals surface area contributed by atoms with E-state index in [1.165, 1.54) is 19.5 Å². The van der Waals surface area contributed by atoms with E-state index in [0.717, 1.165) is 11.4 Å². The molecule has 0 saturated carbocycles. The lowest BCUT2D eigenvalue weighted by Gasteiger charge is -2.07. The van der Waals surface area contributed by atoms with Crippen LogP contribution in [0.4, 0.5) is 11.5 Å². The lowest BCUT2D eigenvalue weighted by atomic mass is 10.3. The maximum absolute atomic E-state index is 11.3. The number of aromatic nitrogens is 2. The minimum atomic E-state index is -0.526. The van der Waals surface area contributed by atoms with E-state index in [1.54, 1.807) is 7.11 Å². The van der Waals surface area contributed by atoms with Crippen LogP contribution in [-0.2, 0) is 4.74 Å². The molecular formula is C13H13N3O3. The summed E-state index contributed by atoms with van der Waals surface area (Å²) < 4.78 is 9.71. The summed E-state index contributed by atoms with van der Waals surface area (Å²) in [4.78, 5) is 19.4. The number of ether oxygens (including phenoxy) is 2. The molecule has 1 aromatic heterocycles. The molecule has 0 amide bonds. The number of carbonyl (C=O) groups excluding carboxylic acids is 1. The van der Waals surface area contributed by atoms with E-state index in [2.05, 4.69) is 20.0 Å². The van der Waals surface area contributed by atoms with Crippen LogP contribution in [0, 0.1) is 0 Å². The summed E-state index contributed by atoms with van der Waals surface area (Å²) in [6.45, 7) is 0. The molecule has 19 heavy (non-hydrogen) atoms. The Morgan fingerprint density at radius 2 is 2.11 bits per heavy atom. The smallest absolute Gasteiger partial charge is 0.358 e. The molecule has 0 bridgehead atoms. The Bertz CT molecular complexity index is 587. The van der Waals surface area contributed by atoms with E-state index in [4.69, 9.17) is 4.74 Å². The fourth-order valence-electron chi connectivity index (χ4n) is 1.48. The van der Waals surface area contributed by atoms with Crippen molar-refractivity contribution in [2.45, 2.75) is 0 Å². The van der Waals surface area contributed by atoms with Gasteiger partial charge in [0.1, 0.15) is 11.6 Å². The number of nitrogens with one attached hydrogen (secondary N) is 1. The van der Waals surface area contributed by atoms with Gasteiger partial charge in [0, 0.05) is 11.8 Å². The normalized spacial score (nSPS) is 9.79. The number of carbonyl (C=O) groups is 1. The highest BCUT2D eigenvalue weighted by Gasteiger charge is 2.08. The first-order valence-electron chi connectivity index (χ1n) is 5.54. The van der Waals surface area contributed by atoms with Crippen molar-refractivity contribution in [2.75, 3.05) is 19.5 Å². The summed E-state index contributed by atoms with van der Waals surface area (Å²) in [5.41, 5.74) is 0.936. The molecule has 0 fully saturated rings. The zero-order valence-corrected chi connectivity index (χ0v) is 10.6. The van der Waals surface area contributed by atoms with Gasteiger partial charge in [0.15, 0.2) is 5.69 Å². The van der Waals surface area contributed by atoms with Crippen LogP contribution < -0.4 is 10.1 Å². The van der Waals surface area contributed by atoms with Crippen LogP contribution in [-0.4, -0.2) is 30.2 Å². The highest BCUT2D eigenvalue weighted by Crippen LogP contribution is 2.19. The molecule has 1 heterocycles. The molecule has 98 valence electrons. The Hall–Kier alpha value is -2.63. The number of hydrogen-bond acceptors (Lipinski definition) is 6. The van der Waals surface area contributed by atoms with Crippen LogP contribution in [0.1, 0.15) is 10.5 Å². The van der Waals surface area contributed by atoms with Crippen LogP contribution in [0.5, 0.6) is 5.75 Å². The number of methoxy groups -OCH3 is 2. The topological polar surface area (TPSA) is 73.3 Å². The van der Waals surface area contributed by atoms with Crippen molar-refractivity contribution in [1.29, 1.82) is 0 Å². The minimum absolute atomic E-state index is 0.149. The van der Waals surface area contributed by atoms with E-state index in [9.17, 15) is 4.79 Å². The van der Waals surface area contributed by atoms with Gasteiger partial charge in [0.25, 0.3) is 0 Å². The van der Waals surface area contributed by atoms with Crippen molar-refractivity contribution in [1.82, 2.24) is 9.97 Å². The standard InChI is InChI=1S/C13H13N3O3/c1-18-10-5-3-4-9(6-10)15-12-8-14-7-11(16-12)13(17)19-2/h3-8H,1-2H3,(H,15,16). The summed E-state index contributed by atoms with van der Waals surface area (Å²) >= 11 is 0. The molecule has 1 aromatic carbocycles. The molecule has 6 nitrogen and oxygen atoms in total. The van der Waals surface area contributed by atoms with Crippen LogP contribution >= 0.6 is 0 Å². The fourth-order valence-corrected chi connectivity index (χ4v) is 1.48. The Kier molecular flexibility index (Phi) is 3.92. The van der Waals surface area contributed by atoms with Crippen molar-refractivity contribution >= 4 is 17.5 Å². The number of esters is 1. The largest absolute Gasteiger partial charge is 0.497 e. The maximum Gasteiger partial charge on any atom is 0.358 e. The summed E-state index contributed by atoms with van der Waals surface area (Å²) in [6, 6.07) is 7.35. The SMILES string of the molecule is COC(=O)c1cncc(Nc2cccc(OC)c2)n1. The van der Waals surface area contributed by atoms with Gasteiger partial charge >= 0.3 is 5.97 Å². The second-order valence-electron chi connectivity index (χ2n) is 3.64. The lowest BCUT2D eigenvalue weighted by molar-refractivity contribution is 0.0593. The molecule has 1 N–H and O–H groups in total. The Morgan fingerprint density at radius 3 is 2.84 bits per heavy atom. The molecule has 0 aliphatic heterocycles. The van der Waals surface area contributed by atoms with Crippen molar-refractivity contribution in [3.8, 4) is 5.75 Å². The first-order valence-corrected chi connectivity index (χ1v) is 5.54. The Balaban J connectivity index is 2.20. The third-order valence-electron chi connectivity index (χ3n) is 2.37. The summed E-state index contributed by atoms with van der Waals surface area (Å²) in [5.74, 6) is 0.653. The van der Waals surface area contributed by atoms with E-state index >= 15 is 0 Å². The number of anilines is 2. The molecule has 0 spiro atoms. The number of benzene rings is 1. The van der Waals surface area contributed by atoms with Crippen LogP contribution in [0.25, 0.3) is 0 Å². The van der Waals surface area contributed by atoms with Crippen LogP contribution in [0.15, 0.2) is 36.7 Å². The molecule has 0 unspecified atom stereocenters. The molecule has 0 aliphatic carbocycles. The van der Waals surface area contributed by atoms with E-state index in [-0.39, 0.29) is 5.69 Å². The van der Waals surface area contributed by atoms with Gasteiger partial charge in [-0.15, -0.1) is 0 Å². The molecular weight excluding hydrogens is 246 g/mol. The van der Waals surface area contributed by atoms with Crippen LogP contribution in [0.2, 0.25) is 0 Å². The second kappa shape index (κ2) is 5.81. The van der Waals surface area contributed by atoms with Gasteiger partial charge in [-0.3, -0.25) is 4.98 Å². The van der Waals surface area contributed by atoms with Gasteiger partial charge in [-0.05, 0) is 12.1 Å². The fraction of sp³-hybridized carbons (Fsp3) is 0.154. The third kappa shape index (κ3) is 3.19. The Labute approximate surface area is 110 Å². The number of hydrogen-bond donors (Lipinski definition) is 1. The van der Waals surface area contributed by atoms with Gasteiger partial charge in [-0.25, -0.2) is 9.78 Å². The highest BCUT2D eigenvalue weighted by molar-refractivity contribution is 5.87. The molecule has 2 aromatic rings. The molecule has 0 atom stereocenters. The van der Waals surface area contributed by atoms with Crippen LogP contribution in [0.3, 0.4) is 0 Å². The summed E-state index contributed by atoms with van der Waals surface area (Å²) in [5, 5.41) is 3.04. The molecule has 2 rings (SSSR count). The number of rotatable bonds is 4. The number of nitrogens with zero attached hydrogens (tertiary/aromatic N) is 2. The Morgan fingerprint density at radius 1 is 1.26 bits per heavy atom. The predicted molar refractivity (Wildman–Crippen MR) is 69.6 cm³/mol. The molecule has 0 saturated heterocycles. The molecule has 0 radical (unpaired) electrons. The monoisotopic (exact) mass is 259 g/mol. The van der Waals surface area contributed by atoms with Gasteiger partial charge in [-0.1, -0.05) is 6.07 Å². The van der Waals surface area contributed by atoms with Gasteiger partial charge < -0.3 is 14.8 Å². The molecule has 6 heteroatoms. The van der Waals surface area contributed by atoms with Crippen molar-refractivity contribution in [3.05, 3.63) is 42.4 Å². The average Bonchev–Trinajstić information content (AvgIpc) is 2.47. The van der Waals surface area contributed by atoms with E-state index < -0.39 is 5.97 Å². The second-order valence-corrected chi connectivity index (χ2v) is 3.64. The summed E-state index contributed by atoms with van der Waals surface area (Å²) in [6.07, 6.45) is 2.87.